The van der Waals surface area contributed by atoms with E-state index in [4.69, 9.17) is 4.74 Å². The van der Waals surface area contributed by atoms with Gasteiger partial charge in [-0.05, 0) is 87.6 Å². The number of nitrogens with zero attached hydrogens (tertiary/aromatic N) is 3. The highest BCUT2D eigenvalue weighted by molar-refractivity contribution is 6.05. The minimum Gasteiger partial charge on any atom is -0.455 e. The van der Waals surface area contributed by atoms with Gasteiger partial charge in [-0.15, -0.1) is 0 Å². The zero-order chi connectivity index (χ0) is 23.4. The van der Waals surface area contributed by atoms with E-state index in [1.807, 2.05) is 37.3 Å². The molecule has 3 aromatic rings. The lowest BCUT2D eigenvalue weighted by Crippen LogP contribution is -2.31. The maximum atomic E-state index is 12.9. The number of hydrogen-bond donors (Lipinski definition) is 1. The zero-order valence-corrected chi connectivity index (χ0v) is 19.4. The Kier molecular flexibility index (Phi) is 6.75. The minimum atomic E-state index is -0.174. The van der Waals surface area contributed by atoms with Crippen molar-refractivity contribution in [1.29, 1.82) is 0 Å². The first-order valence-electron chi connectivity index (χ1n) is 11.1. The molecule has 0 spiro atoms. The maximum absolute atomic E-state index is 12.9. The lowest BCUT2D eigenvalue weighted by molar-refractivity contribution is 0.102. The highest BCUT2D eigenvalue weighted by Gasteiger charge is 2.24. The van der Waals surface area contributed by atoms with E-state index in [0.29, 0.717) is 23.1 Å². The van der Waals surface area contributed by atoms with E-state index in [0.717, 1.165) is 36.3 Å². The van der Waals surface area contributed by atoms with Gasteiger partial charge in [0.05, 0.1) is 6.20 Å². The normalized spacial score (nSPS) is 15.5. The van der Waals surface area contributed by atoms with Gasteiger partial charge < -0.3 is 19.9 Å². The van der Waals surface area contributed by atoms with Crippen LogP contribution in [0, 0.1) is 0 Å². The Balaban J connectivity index is 1.45. The number of carbonyl (C=O) groups is 1. The summed E-state index contributed by atoms with van der Waals surface area (Å²) in [5.74, 6) is 1.09. The molecular formula is C27H30N4O2. The number of pyridine rings is 1. The molecule has 6 nitrogen and oxygen atoms in total. The van der Waals surface area contributed by atoms with Crippen molar-refractivity contribution in [2.75, 3.05) is 37.4 Å². The van der Waals surface area contributed by atoms with Gasteiger partial charge in [-0.2, -0.15) is 0 Å². The average molecular weight is 443 g/mol. The van der Waals surface area contributed by atoms with Crippen molar-refractivity contribution in [2.24, 2.45) is 0 Å². The predicted octanol–water partition coefficient (Wildman–Crippen LogP) is 5.30. The number of amides is 1. The molecule has 1 fully saturated rings. The molecule has 2 heterocycles. The van der Waals surface area contributed by atoms with E-state index in [1.54, 1.807) is 24.5 Å². The molecule has 1 saturated heterocycles. The molecule has 170 valence electrons. The molecule has 1 aliphatic rings. The second-order valence-corrected chi connectivity index (χ2v) is 8.64. The maximum Gasteiger partial charge on any atom is 0.255 e. The summed E-state index contributed by atoms with van der Waals surface area (Å²) < 4.78 is 5.95. The number of nitrogens with one attached hydrogen (secondary N) is 1. The Morgan fingerprint density at radius 3 is 2.61 bits per heavy atom. The highest BCUT2D eigenvalue weighted by Crippen LogP contribution is 2.31. The molecule has 1 atom stereocenters. The Bertz CT molecular complexity index is 1130. The molecule has 6 heteroatoms. The Labute approximate surface area is 195 Å². The molecule has 0 saturated carbocycles. The van der Waals surface area contributed by atoms with E-state index in [9.17, 15) is 4.79 Å². The van der Waals surface area contributed by atoms with Crippen LogP contribution in [0.1, 0.15) is 29.3 Å². The molecule has 33 heavy (non-hydrogen) atoms. The lowest BCUT2D eigenvalue weighted by atomic mass is 10.0. The van der Waals surface area contributed by atoms with Crippen LogP contribution in [-0.4, -0.2) is 49.0 Å². The predicted molar refractivity (Wildman–Crippen MR) is 134 cm³/mol. The molecule has 1 N–H and O–H groups in total. The summed E-state index contributed by atoms with van der Waals surface area (Å²) in [5, 5.41) is 2.99. The molecule has 1 unspecified atom stereocenters. The van der Waals surface area contributed by atoms with Crippen molar-refractivity contribution < 1.29 is 9.53 Å². The number of hydrogen-bond acceptors (Lipinski definition) is 5. The first-order chi connectivity index (χ1) is 15.9. The fourth-order valence-corrected chi connectivity index (χ4v) is 3.98. The number of likely N-dealkylation sites (N-methyl/N-ethyl adjacent to an activating group) is 1. The van der Waals surface area contributed by atoms with Crippen LogP contribution in [0.5, 0.6) is 11.5 Å². The number of benzene rings is 2. The fraction of sp³-hybridized carbons (Fsp3) is 0.259. The number of ether oxygens (including phenoxy) is 1. The average Bonchev–Trinajstić information content (AvgIpc) is 3.31. The molecule has 2 aromatic carbocycles. The first kappa shape index (κ1) is 22.6. The van der Waals surface area contributed by atoms with Crippen LogP contribution in [0.2, 0.25) is 0 Å². The van der Waals surface area contributed by atoms with E-state index in [-0.39, 0.29) is 5.91 Å². The van der Waals surface area contributed by atoms with Crippen molar-refractivity contribution in [1.82, 2.24) is 9.88 Å². The molecule has 4 rings (SSSR count). The lowest BCUT2D eigenvalue weighted by Gasteiger charge is -2.22. The number of aromatic nitrogens is 1. The monoisotopic (exact) mass is 442 g/mol. The van der Waals surface area contributed by atoms with E-state index in [1.165, 1.54) is 5.69 Å². The molecule has 0 radical (unpaired) electrons. The largest absolute Gasteiger partial charge is 0.455 e. The van der Waals surface area contributed by atoms with Gasteiger partial charge in [-0.25, -0.2) is 0 Å². The smallest absolute Gasteiger partial charge is 0.255 e. The molecule has 1 aromatic heterocycles. The Hall–Kier alpha value is -3.64. The van der Waals surface area contributed by atoms with Crippen LogP contribution < -0.4 is 15.0 Å². The van der Waals surface area contributed by atoms with Crippen LogP contribution in [0.3, 0.4) is 0 Å². The van der Waals surface area contributed by atoms with E-state index >= 15 is 0 Å². The van der Waals surface area contributed by atoms with Gasteiger partial charge in [-0.3, -0.25) is 9.78 Å². The van der Waals surface area contributed by atoms with Gasteiger partial charge in [0.25, 0.3) is 5.91 Å². The summed E-state index contributed by atoms with van der Waals surface area (Å²) in [6.45, 7) is 8.01. The van der Waals surface area contributed by atoms with Gasteiger partial charge in [-0.1, -0.05) is 6.58 Å². The van der Waals surface area contributed by atoms with Crippen LogP contribution in [0.15, 0.2) is 73.6 Å². The molecular weight excluding hydrogens is 412 g/mol. The third-order valence-corrected chi connectivity index (χ3v) is 5.95. The number of anilines is 2. The van der Waals surface area contributed by atoms with Crippen LogP contribution >= 0.6 is 0 Å². The van der Waals surface area contributed by atoms with Crippen molar-refractivity contribution >= 4 is 22.9 Å². The Morgan fingerprint density at radius 1 is 1.18 bits per heavy atom. The molecule has 0 bridgehead atoms. The van der Waals surface area contributed by atoms with Crippen LogP contribution in [0.4, 0.5) is 11.4 Å². The van der Waals surface area contributed by atoms with Crippen molar-refractivity contribution in [3.63, 3.8) is 0 Å². The van der Waals surface area contributed by atoms with Gasteiger partial charge in [0, 0.05) is 47.8 Å². The summed E-state index contributed by atoms with van der Waals surface area (Å²) >= 11 is 0. The number of allylic oxidation sites excluding steroid dienone is 1. The zero-order valence-electron chi connectivity index (χ0n) is 19.4. The number of rotatable bonds is 7. The third kappa shape index (κ3) is 5.41. The van der Waals surface area contributed by atoms with Gasteiger partial charge in [0.1, 0.15) is 11.5 Å². The van der Waals surface area contributed by atoms with Crippen molar-refractivity contribution in [3.05, 3.63) is 84.7 Å². The summed E-state index contributed by atoms with van der Waals surface area (Å²) in [6.07, 6.45) is 4.50. The molecule has 1 aliphatic heterocycles. The van der Waals surface area contributed by atoms with Gasteiger partial charge in [0.15, 0.2) is 0 Å². The second-order valence-electron chi connectivity index (χ2n) is 8.64. The molecule has 1 amide bonds. The SMILES string of the molecule is C=C(C)c1cc(C(=O)Nc2ccc(N3CCC(N(C)C)C3)cc2)ccc1Oc1cccnc1. The van der Waals surface area contributed by atoms with Crippen LogP contribution in [-0.2, 0) is 0 Å². The van der Waals surface area contributed by atoms with E-state index in [2.05, 4.69) is 52.9 Å². The second kappa shape index (κ2) is 9.88. The quantitative estimate of drug-likeness (QED) is 0.538. The molecule has 0 aliphatic carbocycles. The third-order valence-electron chi connectivity index (χ3n) is 5.95. The van der Waals surface area contributed by atoms with Crippen molar-refractivity contribution in [3.8, 4) is 11.5 Å². The van der Waals surface area contributed by atoms with Crippen LogP contribution in [0.25, 0.3) is 5.57 Å². The summed E-state index contributed by atoms with van der Waals surface area (Å²) in [6, 6.07) is 17.6. The fourth-order valence-electron chi connectivity index (χ4n) is 3.98. The minimum absolute atomic E-state index is 0.174. The number of carbonyl (C=O) groups excluding carboxylic acids is 1. The summed E-state index contributed by atoms with van der Waals surface area (Å²) in [5.41, 5.74) is 4.09. The highest BCUT2D eigenvalue weighted by atomic mass is 16.5. The summed E-state index contributed by atoms with van der Waals surface area (Å²) in [4.78, 5) is 21.6. The van der Waals surface area contributed by atoms with E-state index < -0.39 is 0 Å². The summed E-state index contributed by atoms with van der Waals surface area (Å²) in [7, 11) is 4.26. The van der Waals surface area contributed by atoms with Crippen molar-refractivity contribution in [2.45, 2.75) is 19.4 Å². The Morgan fingerprint density at radius 2 is 1.97 bits per heavy atom. The first-order valence-corrected chi connectivity index (χ1v) is 11.1. The topological polar surface area (TPSA) is 57.7 Å². The standard InChI is InChI=1S/C27H30N4O2/c1-19(2)25-16-20(7-12-26(25)33-24-6-5-14-28-17-24)27(32)29-21-8-10-22(11-9-21)31-15-13-23(18-31)30(3)4/h5-12,14,16-17,23H,1,13,15,18H2,2-4H3,(H,29,32). The van der Waals surface area contributed by atoms with Gasteiger partial charge >= 0.3 is 0 Å². The van der Waals surface area contributed by atoms with Gasteiger partial charge in [0.2, 0.25) is 0 Å².